The molecule has 2 aromatic rings. The molecule has 176 valence electrons. The van der Waals surface area contributed by atoms with Crippen molar-refractivity contribution in [1.82, 2.24) is 10.2 Å². The molecule has 3 N–H and O–H groups in total. The summed E-state index contributed by atoms with van der Waals surface area (Å²) >= 11 is 0. The van der Waals surface area contributed by atoms with Gasteiger partial charge in [0.1, 0.15) is 0 Å². The molecule has 0 spiro atoms. The molecular weight excluding hydrogens is 420 g/mol. The Morgan fingerprint density at radius 3 is 2.42 bits per heavy atom. The molecule has 3 amide bonds. The van der Waals surface area contributed by atoms with Gasteiger partial charge in [0.2, 0.25) is 5.91 Å². The molecule has 2 aromatic carbocycles. The van der Waals surface area contributed by atoms with Crippen molar-refractivity contribution >= 4 is 29.1 Å². The minimum absolute atomic E-state index is 0.0531. The van der Waals surface area contributed by atoms with E-state index in [2.05, 4.69) is 22.9 Å². The van der Waals surface area contributed by atoms with Gasteiger partial charge >= 0.3 is 0 Å². The van der Waals surface area contributed by atoms with Gasteiger partial charge in [-0.1, -0.05) is 13.0 Å². The lowest BCUT2D eigenvalue weighted by Gasteiger charge is -2.30. The maximum absolute atomic E-state index is 12.6. The van der Waals surface area contributed by atoms with E-state index in [1.165, 1.54) is 0 Å². The predicted octanol–water partition coefficient (Wildman–Crippen LogP) is 2.99. The summed E-state index contributed by atoms with van der Waals surface area (Å²) in [7, 11) is 1.57. The summed E-state index contributed by atoms with van der Waals surface area (Å²) in [5.74, 6) is 0.258. The second kappa shape index (κ2) is 12.0. The highest BCUT2D eigenvalue weighted by Crippen LogP contribution is 2.19. The Morgan fingerprint density at radius 2 is 1.73 bits per heavy atom. The number of nitrogens with one attached hydrogen (secondary N) is 3. The predicted molar refractivity (Wildman–Crippen MR) is 129 cm³/mol. The lowest BCUT2D eigenvalue weighted by atomic mass is 9.98. The largest absolute Gasteiger partial charge is 0.383 e. The van der Waals surface area contributed by atoms with E-state index in [-0.39, 0.29) is 24.3 Å². The van der Waals surface area contributed by atoms with Crippen LogP contribution in [0.2, 0.25) is 0 Å². The summed E-state index contributed by atoms with van der Waals surface area (Å²) in [6, 6.07) is 13.9. The van der Waals surface area contributed by atoms with Gasteiger partial charge < -0.3 is 25.6 Å². The van der Waals surface area contributed by atoms with E-state index in [0.29, 0.717) is 35.9 Å². The van der Waals surface area contributed by atoms with Gasteiger partial charge in [0.25, 0.3) is 11.8 Å². The third-order valence-corrected chi connectivity index (χ3v) is 5.66. The Kier molecular flexibility index (Phi) is 8.83. The number of nitrogens with zero attached hydrogens (tertiary/aromatic N) is 1. The van der Waals surface area contributed by atoms with Crippen LogP contribution in [0.5, 0.6) is 0 Å². The molecule has 8 heteroatoms. The number of benzene rings is 2. The first kappa shape index (κ1) is 24.3. The Hall–Kier alpha value is -3.39. The van der Waals surface area contributed by atoms with Crippen LogP contribution in [-0.2, 0) is 9.53 Å². The summed E-state index contributed by atoms with van der Waals surface area (Å²) in [5.41, 5.74) is 2.40. The standard InChI is InChI=1S/C25H32N4O4/c1-18-10-13-29(14-11-18)25(32)19-6-8-21(9-7-19)27-17-23(30)28-22-5-3-4-20(16-22)24(31)26-12-15-33-2/h3-9,16,18,27H,10-15,17H2,1-2H3,(H,26,31)(H,28,30). The third kappa shape index (κ3) is 7.32. The summed E-state index contributed by atoms with van der Waals surface area (Å²) in [6.07, 6.45) is 2.09. The highest BCUT2D eigenvalue weighted by molar-refractivity contribution is 5.98. The molecule has 0 saturated carbocycles. The van der Waals surface area contributed by atoms with Crippen LogP contribution in [0, 0.1) is 5.92 Å². The van der Waals surface area contributed by atoms with Gasteiger partial charge in [-0.05, 0) is 61.2 Å². The lowest BCUT2D eigenvalue weighted by Crippen LogP contribution is -2.37. The van der Waals surface area contributed by atoms with Crippen LogP contribution < -0.4 is 16.0 Å². The maximum Gasteiger partial charge on any atom is 0.253 e. The molecule has 1 heterocycles. The number of amides is 3. The topological polar surface area (TPSA) is 99.8 Å². The number of methoxy groups -OCH3 is 1. The fourth-order valence-electron chi connectivity index (χ4n) is 3.62. The molecule has 1 saturated heterocycles. The first-order chi connectivity index (χ1) is 16.0. The molecule has 8 nitrogen and oxygen atoms in total. The van der Waals surface area contributed by atoms with Crippen molar-refractivity contribution in [2.24, 2.45) is 5.92 Å². The lowest BCUT2D eigenvalue weighted by molar-refractivity contribution is -0.114. The van der Waals surface area contributed by atoms with Crippen LogP contribution in [0.15, 0.2) is 48.5 Å². The number of ether oxygens (including phenoxy) is 1. The molecule has 0 radical (unpaired) electrons. The molecule has 3 rings (SSSR count). The van der Waals surface area contributed by atoms with Crippen LogP contribution in [0.4, 0.5) is 11.4 Å². The number of carbonyl (C=O) groups is 3. The van der Waals surface area contributed by atoms with Gasteiger partial charge in [0.15, 0.2) is 0 Å². The first-order valence-corrected chi connectivity index (χ1v) is 11.3. The fourth-order valence-corrected chi connectivity index (χ4v) is 3.62. The normalized spacial score (nSPS) is 13.9. The van der Waals surface area contributed by atoms with Crippen LogP contribution in [0.25, 0.3) is 0 Å². The second-order valence-electron chi connectivity index (χ2n) is 8.28. The molecule has 1 aliphatic heterocycles. The monoisotopic (exact) mass is 452 g/mol. The maximum atomic E-state index is 12.6. The molecule has 1 fully saturated rings. The number of rotatable bonds is 9. The van der Waals surface area contributed by atoms with Crippen LogP contribution in [0.3, 0.4) is 0 Å². The highest BCUT2D eigenvalue weighted by atomic mass is 16.5. The van der Waals surface area contributed by atoms with Gasteiger partial charge in [0, 0.05) is 49.2 Å². The van der Waals surface area contributed by atoms with Crippen molar-refractivity contribution in [2.75, 3.05) is 50.5 Å². The highest BCUT2D eigenvalue weighted by Gasteiger charge is 2.21. The number of hydrogen-bond acceptors (Lipinski definition) is 5. The molecule has 0 aliphatic carbocycles. The SMILES string of the molecule is COCCNC(=O)c1cccc(NC(=O)CNc2ccc(C(=O)N3CCC(C)CC3)cc2)c1. The molecule has 33 heavy (non-hydrogen) atoms. The number of carbonyl (C=O) groups excluding carboxylic acids is 3. The Balaban J connectivity index is 1.47. The molecule has 1 aliphatic rings. The van der Waals surface area contributed by atoms with Crippen LogP contribution >= 0.6 is 0 Å². The fraction of sp³-hybridized carbons (Fsp3) is 0.400. The van der Waals surface area contributed by atoms with Crippen LogP contribution in [-0.4, -0.2) is 62.5 Å². The van der Waals surface area contributed by atoms with Gasteiger partial charge in [-0.2, -0.15) is 0 Å². The Morgan fingerprint density at radius 1 is 1.00 bits per heavy atom. The van der Waals surface area contributed by atoms with Gasteiger partial charge in [-0.3, -0.25) is 14.4 Å². The van der Waals surface area contributed by atoms with Crippen molar-refractivity contribution in [2.45, 2.75) is 19.8 Å². The van der Waals surface area contributed by atoms with Crippen molar-refractivity contribution < 1.29 is 19.1 Å². The zero-order valence-electron chi connectivity index (χ0n) is 19.2. The molecule has 0 aromatic heterocycles. The Labute approximate surface area is 194 Å². The van der Waals surface area contributed by atoms with E-state index in [1.807, 2.05) is 4.90 Å². The summed E-state index contributed by atoms with van der Waals surface area (Å²) < 4.78 is 4.92. The number of piperidine rings is 1. The molecule has 0 unspecified atom stereocenters. The summed E-state index contributed by atoms with van der Waals surface area (Å²) in [6.45, 7) is 4.72. The average Bonchev–Trinajstić information content (AvgIpc) is 2.83. The molecular formula is C25H32N4O4. The zero-order chi connectivity index (χ0) is 23.6. The van der Waals surface area contributed by atoms with E-state index >= 15 is 0 Å². The average molecular weight is 453 g/mol. The third-order valence-electron chi connectivity index (χ3n) is 5.66. The Bertz CT molecular complexity index is 953. The van der Waals surface area contributed by atoms with E-state index in [0.717, 1.165) is 31.6 Å². The van der Waals surface area contributed by atoms with Gasteiger partial charge in [-0.25, -0.2) is 0 Å². The first-order valence-electron chi connectivity index (χ1n) is 11.3. The summed E-state index contributed by atoms with van der Waals surface area (Å²) in [5, 5.41) is 8.59. The minimum Gasteiger partial charge on any atom is -0.383 e. The van der Waals surface area contributed by atoms with Gasteiger partial charge in [-0.15, -0.1) is 0 Å². The zero-order valence-corrected chi connectivity index (χ0v) is 19.2. The summed E-state index contributed by atoms with van der Waals surface area (Å²) in [4.78, 5) is 39.0. The van der Waals surface area contributed by atoms with Crippen molar-refractivity contribution in [3.63, 3.8) is 0 Å². The smallest absolute Gasteiger partial charge is 0.253 e. The second-order valence-corrected chi connectivity index (χ2v) is 8.28. The van der Waals surface area contributed by atoms with Crippen molar-refractivity contribution in [3.05, 3.63) is 59.7 Å². The minimum atomic E-state index is -0.241. The molecule has 0 bridgehead atoms. The van der Waals surface area contributed by atoms with Crippen molar-refractivity contribution in [3.8, 4) is 0 Å². The number of anilines is 2. The van der Waals surface area contributed by atoms with E-state index in [4.69, 9.17) is 4.74 Å². The number of hydrogen-bond donors (Lipinski definition) is 3. The van der Waals surface area contributed by atoms with Crippen molar-refractivity contribution in [1.29, 1.82) is 0 Å². The van der Waals surface area contributed by atoms with E-state index in [9.17, 15) is 14.4 Å². The van der Waals surface area contributed by atoms with E-state index < -0.39 is 0 Å². The quantitative estimate of drug-likeness (QED) is 0.508. The van der Waals surface area contributed by atoms with Crippen LogP contribution in [0.1, 0.15) is 40.5 Å². The van der Waals surface area contributed by atoms with Gasteiger partial charge in [0.05, 0.1) is 13.2 Å². The number of likely N-dealkylation sites (tertiary alicyclic amines) is 1. The van der Waals surface area contributed by atoms with E-state index in [1.54, 1.807) is 55.6 Å². The molecule has 0 atom stereocenters.